The van der Waals surface area contributed by atoms with Crippen LogP contribution < -0.4 is 14.8 Å². The molecule has 0 bridgehead atoms. The summed E-state index contributed by atoms with van der Waals surface area (Å²) in [6, 6.07) is 24.3. The lowest BCUT2D eigenvalue weighted by Gasteiger charge is -2.38. The lowest BCUT2D eigenvalue weighted by molar-refractivity contribution is -0.344. The molecule has 0 saturated carbocycles. The van der Waals surface area contributed by atoms with Gasteiger partial charge in [-0.05, 0) is 24.3 Å². The minimum absolute atomic E-state index is 0.0662. The maximum Gasteiger partial charge on any atom is 0.213 e. The van der Waals surface area contributed by atoms with Crippen molar-refractivity contribution in [2.75, 3.05) is 36.0 Å². The first-order valence-corrected chi connectivity index (χ1v) is 10.5. The van der Waals surface area contributed by atoms with Gasteiger partial charge in [-0.2, -0.15) is 0 Å². The molecule has 31 heavy (non-hydrogen) atoms. The molecule has 5 heteroatoms. The van der Waals surface area contributed by atoms with Crippen molar-refractivity contribution in [2.45, 2.75) is 0 Å². The summed E-state index contributed by atoms with van der Waals surface area (Å²) in [7, 11) is 0. The second-order valence-corrected chi connectivity index (χ2v) is 7.75. The van der Waals surface area contributed by atoms with E-state index in [-0.39, 0.29) is 11.6 Å². The minimum Gasteiger partial charge on any atom is -0.368 e. The number of hydrogen-bond donors (Lipinski definition) is 0. The number of carbonyl (C=O) groups excluding carboxylic acids is 1. The SMILES string of the molecule is O=C(c1ccccc1)c1c[nH+]c2ccc(F)cc2c1N1CCN(c2ccccc2)CC1. The summed E-state index contributed by atoms with van der Waals surface area (Å²) < 4.78 is 14.2. The third-order valence-corrected chi connectivity index (χ3v) is 5.86. The lowest BCUT2D eigenvalue weighted by Crippen LogP contribution is -2.47. The van der Waals surface area contributed by atoms with E-state index in [0.717, 1.165) is 42.8 Å². The largest absolute Gasteiger partial charge is 0.368 e. The summed E-state index contributed by atoms with van der Waals surface area (Å²) in [5.41, 5.74) is 4.00. The van der Waals surface area contributed by atoms with Gasteiger partial charge in [-0.3, -0.25) is 4.79 Å². The summed E-state index contributed by atoms with van der Waals surface area (Å²) in [4.78, 5) is 21.1. The van der Waals surface area contributed by atoms with Crippen molar-refractivity contribution >= 4 is 28.1 Å². The van der Waals surface area contributed by atoms with Crippen molar-refractivity contribution < 1.29 is 14.2 Å². The molecular formula is C26H23FN3O+. The number of piperazine rings is 1. The van der Waals surface area contributed by atoms with Crippen LogP contribution in [0.4, 0.5) is 15.8 Å². The molecule has 1 aromatic heterocycles. The van der Waals surface area contributed by atoms with Gasteiger partial charge in [-0.25, -0.2) is 9.37 Å². The maximum atomic E-state index is 14.2. The number of nitrogens with zero attached hydrogens (tertiary/aromatic N) is 2. The molecule has 1 fully saturated rings. The highest BCUT2D eigenvalue weighted by atomic mass is 19.1. The summed E-state index contributed by atoms with van der Waals surface area (Å²) in [6.07, 6.45) is 1.76. The highest BCUT2D eigenvalue weighted by Gasteiger charge is 2.27. The van der Waals surface area contributed by atoms with Crippen LogP contribution in [-0.2, 0) is 0 Å². The Kier molecular flexibility index (Phi) is 5.08. The Morgan fingerprint density at radius 2 is 1.45 bits per heavy atom. The number of anilines is 2. The number of H-pyrrole nitrogens is 1. The number of benzene rings is 3. The molecular weight excluding hydrogens is 389 g/mol. The summed E-state index contributed by atoms with van der Waals surface area (Å²) in [5.74, 6) is -0.377. The topological polar surface area (TPSA) is 37.7 Å². The van der Waals surface area contributed by atoms with Crippen LogP contribution in [0.15, 0.2) is 85.1 Å². The van der Waals surface area contributed by atoms with E-state index in [1.165, 1.54) is 17.8 Å². The molecule has 1 saturated heterocycles. The van der Waals surface area contributed by atoms with Crippen LogP contribution in [-0.4, -0.2) is 32.0 Å². The number of nitrogens with one attached hydrogen (secondary N) is 1. The molecule has 1 aliphatic heterocycles. The first-order valence-electron chi connectivity index (χ1n) is 10.5. The Labute approximate surface area is 180 Å². The summed E-state index contributed by atoms with van der Waals surface area (Å²) in [5, 5.41) is 0.731. The van der Waals surface area contributed by atoms with Crippen molar-refractivity contribution in [1.82, 2.24) is 0 Å². The average Bonchev–Trinajstić information content (AvgIpc) is 2.84. The molecule has 4 aromatic rings. The van der Waals surface area contributed by atoms with E-state index in [0.29, 0.717) is 11.1 Å². The molecule has 2 heterocycles. The van der Waals surface area contributed by atoms with E-state index in [9.17, 15) is 9.18 Å². The second-order valence-electron chi connectivity index (χ2n) is 7.75. The predicted molar refractivity (Wildman–Crippen MR) is 121 cm³/mol. The number of fused-ring (bicyclic) bond motifs is 1. The second kappa shape index (κ2) is 8.19. The first kappa shape index (κ1) is 19.2. The van der Waals surface area contributed by atoms with Gasteiger partial charge in [-0.15, -0.1) is 0 Å². The smallest absolute Gasteiger partial charge is 0.213 e. The van der Waals surface area contributed by atoms with Crippen LogP contribution in [0, 0.1) is 5.82 Å². The van der Waals surface area contributed by atoms with Gasteiger partial charge in [0.1, 0.15) is 11.4 Å². The molecule has 0 atom stereocenters. The van der Waals surface area contributed by atoms with E-state index in [1.807, 2.05) is 48.5 Å². The third kappa shape index (κ3) is 3.75. The fourth-order valence-electron chi connectivity index (χ4n) is 4.29. The average molecular weight is 412 g/mol. The van der Waals surface area contributed by atoms with Gasteiger partial charge in [0.25, 0.3) is 0 Å². The van der Waals surface area contributed by atoms with Crippen molar-refractivity contribution in [1.29, 1.82) is 0 Å². The van der Waals surface area contributed by atoms with Crippen LogP contribution in [0.2, 0.25) is 0 Å². The van der Waals surface area contributed by atoms with E-state index in [4.69, 9.17) is 0 Å². The highest BCUT2D eigenvalue weighted by Crippen LogP contribution is 2.32. The number of rotatable bonds is 4. The number of aromatic amines is 1. The fraction of sp³-hybridized carbons (Fsp3) is 0.154. The zero-order chi connectivity index (χ0) is 21.2. The Hall–Kier alpha value is -3.73. The Balaban J connectivity index is 1.55. The van der Waals surface area contributed by atoms with Gasteiger partial charge in [0.2, 0.25) is 11.3 Å². The van der Waals surface area contributed by atoms with Crippen molar-refractivity contribution in [3.05, 3.63) is 102 Å². The molecule has 3 aromatic carbocycles. The number of halogens is 1. The van der Waals surface area contributed by atoms with Gasteiger partial charge < -0.3 is 9.80 Å². The van der Waals surface area contributed by atoms with E-state index >= 15 is 0 Å². The molecule has 4 nitrogen and oxygen atoms in total. The monoisotopic (exact) mass is 412 g/mol. The van der Waals surface area contributed by atoms with Crippen molar-refractivity contribution in [3.63, 3.8) is 0 Å². The molecule has 0 amide bonds. The Bertz CT molecular complexity index is 1220. The normalized spacial score (nSPS) is 14.1. The third-order valence-electron chi connectivity index (χ3n) is 5.86. The summed E-state index contributed by atoms with van der Waals surface area (Å²) >= 11 is 0. The van der Waals surface area contributed by atoms with Crippen molar-refractivity contribution in [2.24, 2.45) is 0 Å². The highest BCUT2D eigenvalue weighted by molar-refractivity contribution is 6.15. The number of aromatic nitrogens is 1. The molecule has 0 aliphatic carbocycles. The van der Waals surface area contributed by atoms with Crippen LogP contribution >= 0.6 is 0 Å². The van der Waals surface area contributed by atoms with Gasteiger partial charge in [0.05, 0.1) is 11.1 Å². The zero-order valence-electron chi connectivity index (χ0n) is 17.1. The van der Waals surface area contributed by atoms with Crippen molar-refractivity contribution in [3.8, 4) is 0 Å². The van der Waals surface area contributed by atoms with Crippen LogP contribution in [0.25, 0.3) is 10.9 Å². The molecule has 5 rings (SSSR count). The molecule has 1 N–H and O–H groups in total. The molecule has 0 radical (unpaired) electrons. The number of hydrogen-bond acceptors (Lipinski definition) is 3. The Morgan fingerprint density at radius 3 is 2.16 bits per heavy atom. The zero-order valence-corrected chi connectivity index (χ0v) is 17.1. The van der Waals surface area contributed by atoms with E-state index < -0.39 is 0 Å². The number of carbonyl (C=O) groups is 1. The van der Waals surface area contributed by atoms with Gasteiger partial charge in [0.15, 0.2) is 6.20 Å². The predicted octanol–water partition coefficient (Wildman–Crippen LogP) is 4.35. The van der Waals surface area contributed by atoms with Crippen LogP contribution in [0.3, 0.4) is 0 Å². The van der Waals surface area contributed by atoms with Gasteiger partial charge in [-0.1, -0.05) is 48.5 Å². The van der Waals surface area contributed by atoms with Crippen LogP contribution in [0.5, 0.6) is 0 Å². The number of para-hydroxylation sites is 1. The van der Waals surface area contributed by atoms with Gasteiger partial charge in [0, 0.05) is 43.5 Å². The summed E-state index contributed by atoms with van der Waals surface area (Å²) in [6.45, 7) is 3.16. The Morgan fingerprint density at radius 1 is 0.806 bits per heavy atom. The first-order chi connectivity index (χ1) is 15.2. The number of ketones is 1. The van der Waals surface area contributed by atoms with Gasteiger partial charge >= 0.3 is 0 Å². The minimum atomic E-state index is -0.311. The number of pyridine rings is 1. The maximum absolute atomic E-state index is 14.2. The standard InChI is InChI=1S/C26H22FN3O/c27-20-11-12-24-22(17-20)25(23(18-28-24)26(31)19-7-3-1-4-8-19)30-15-13-29(14-16-30)21-9-5-2-6-10-21/h1-12,17-18H,13-16H2/p+1. The fourth-order valence-corrected chi connectivity index (χ4v) is 4.29. The van der Waals surface area contributed by atoms with E-state index in [1.54, 1.807) is 12.3 Å². The molecule has 0 spiro atoms. The molecule has 154 valence electrons. The quantitative estimate of drug-likeness (QED) is 0.468. The van der Waals surface area contributed by atoms with Crippen LogP contribution in [0.1, 0.15) is 15.9 Å². The molecule has 1 aliphatic rings. The lowest BCUT2D eigenvalue weighted by atomic mass is 9.99. The van der Waals surface area contributed by atoms with E-state index in [2.05, 4.69) is 26.9 Å². The molecule has 0 unspecified atom stereocenters.